The molecular weight excluding hydrogens is 212 g/mol. The van der Waals surface area contributed by atoms with Crippen LogP contribution in [0.4, 0.5) is 0 Å². The molecule has 0 saturated heterocycles. The van der Waals surface area contributed by atoms with Crippen LogP contribution in [0.5, 0.6) is 0 Å². The first kappa shape index (κ1) is 10.1. The van der Waals surface area contributed by atoms with Gasteiger partial charge in [0.15, 0.2) is 5.69 Å². The van der Waals surface area contributed by atoms with Crippen molar-refractivity contribution in [3.8, 4) is 11.4 Å². The lowest BCUT2D eigenvalue weighted by Gasteiger charge is -2.01. The number of rotatable bonds is 2. The molecule has 0 aliphatic heterocycles. The topological polar surface area (TPSA) is 112 Å². The molecule has 0 aliphatic rings. The van der Waals surface area contributed by atoms with Gasteiger partial charge >= 0.3 is 5.97 Å². The summed E-state index contributed by atoms with van der Waals surface area (Å²) >= 11 is 0. The first-order chi connectivity index (χ1) is 7.61. The molecule has 2 aromatic heterocycles. The quantitative estimate of drug-likeness (QED) is 0.667. The van der Waals surface area contributed by atoms with Crippen molar-refractivity contribution in [2.45, 2.75) is 6.92 Å². The number of nitrogens with one attached hydrogen (secondary N) is 2. The highest BCUT2D eigenvalue weighted by Gasteiger charge is 2.18. The third-order valence-corrected chi connectivity index (χ3v) is 2.12. The van der Waals surface area contributed by atoms with Gasteiger partial charge in [-0.25, -0.2) is 9.78 Å². The van der Waals surface area contributed by atoms with Gasteiger partial charge in [0.05, 0.1) is 18.2 Å². The molecule has 2 heterocycles. The minimum atomic E-state index is -1.28. The zero-order valence-corrected chi connectivity index (χ0v) is 8.31. The van der Waals surface area contributed by atoms with Crippen molar-refractivity contribution >= 4 is 5.97 Å². The summed E-state index contributed by atoms with van der Waals surface area (Å²) < 4.78 is 0. The monoisotopic (exact) mass is 220 g/mol. The van der Waals surface area contributed by atoms with E-state index in [1.807, 2.05) is 0 Å². The Morgan fingerprint density at radius 2 is 2.25 bits per heavy atom. The van der Waals surface area contributed by atoms with Crippen LogP contribution in [-0.2, 0) is 0 Å². The average Bonchev–Trinajstić information content (AvgIpc) is 2.70. The fourth-order valence-corrected chi connectivity index (χ4v) is 1.36. The Morgan fingerprint density at radius 1 is 1.50 bits per heavy atom. The van der Waals surface area contributed by atoms with Gasteiger partial charge in [-0.05, 0) is 6.92 Å². The molecule has 3 N–H and O–H groups in total. The second-order valence-electron chi connectivity index (χ2n) is 3.17. The van der Waals surface area contributed by atoms with Crippen molar-refractivity contribution in [2.75, 3.05) is 0 Å². The molecule has 0 radical (unpaired) electrons. The Labute approximate surface area is 89.2 Å². The molecular formula is C9H8N4O3. The zero-order chi connectivity index (χ0) is 11.7. The van der Waals surface area contributed by atoms with E-state index < -0.39 is 11.4 Å². The number of carboxylic acid groups (broad SMARTS) is 1. The van der Waals surface area contributed by atoms with Crippen molar-refractivity contribution in [1.29, 1.82) is 0 Å². The standard InChI is InChI=1S/C9H8N4O3/c1-4-6(9(15)16)8(14)7(13-12-4)5-2-10-3-11-5/h2-3H,1H3,(H,10,11)(H,12,14)(H,15,16). The molecule has 2 rings (SSSR count). The third kappa shape index (κ3) is 1.48. The lowest BCUT2D eigenvalue weighted by Crippen LogP contribution is -2.21. The smallest absolute Gasteiger partial charge is 0.341 e. The van der Waals surface area contributed by atoms with Crippen LogP contribution in [0, 0.1) is 6.92 Å². The van der Waals surface area contributed by atoms with Gasteiger partial charge in [-0.1, -0.05) is 0 Å². The number of aromatic carboxylic acids is 1. The fourth-order valence-electron chi connectivity index (χ4n) is 1.36. The number of aromatic nitrogens is 4. The van der Waals surface area contributed by atoms with Gasteiger partial charge < -0.3 is 10.1 Å². The molecule has 0 fully saturated rings. The van der Waals surface area contributed by atoms with Crippen molar-refractivity contribution in [3.05, 3.63) is 34.0 Å². The van der Waals surface area contributed by atoms with E-state index in [-0.39, 0.29) is 17.0 Å². The molecule has 2 aromatic rings. The molecule has 0 aliphatic carbocycles. The third-order valence-electron chi connectivity index (χ3n) is 2.12. The maximum absolute atomic E-state index is 11.8. The largest absolute Gasteiger partial charge is 0.477 e. The number of aryl methyl sites for hydroxylation is 1. The van der Waals surface area contributed by atoms with E-state index in [1.165, 1.54) is 19.4 Å². The van der Waals surface area contributed by atoms with Crippen LogP contribution in [0.15, 0.2) is 17.3 Å². The molecule has 0 spiro atoms. The molecule has 7 nitrogen and oxygen atoms in total. The number of H-pyrrole nitrogens is 2. The molecule has 16 heavy (non-hydrogen) atoms. The summed E-state index contributed by atoms with van der Waals surface area (Å²) in [5.41, 5.74) is -0.322. The summed E-state index contributed by atoms with van der Waals surface area (Å²) in [5, 5.41) is 15.2. The van der Waals surface area contributed by atoms with E-state index in [0.717, 1.165) is 0 Å². The van der Waals surface area contributed by atoms with Gasteiger partial charge in [-0.2, -0.15) is 5.10 Å². The molecule has 0 bridgehead atoms. The molecule has 0 unspecified atom stereocenters. The molecule has 7 heteroatoms. The van der Waals surface area contributed by atoms with Crippen molar-refractivity contribution in [1.82, 2.24) is 20.2 Å². The molecule has 0 aromatic carbocycles. The van der Waals surface area contributed by atoms with E-state index in [4.69, 9.17) is 5.11 Å². The van der Waals surface area contributed by atoms with Crippen molar-refractivity contribution < 1.29 is 9.90 Å². The zero-order valence-electron chi connectivity index (χ0n) is 8.31. The molecule has 0 amide bonds. The fraction of sp³-hybridized carbons (Fsp3) is 0.111. The second-order valence-corrected chi connectivity index (χ2v) is 3.17. The van der Waals surface area contributed by atoms with Gasteiger partial charge in [0, 0.05) is 5.69 Å². The lowest BCUT2D eigenvalue weighted by atomic mass is 10.1. The van der Waals surface area contributed by atoms with Crippen LogP contribution in [0.25, 0.3) is 11.4 Å². The Hall–Kier alpha value is -2.44. The maximum atomic E-state index is 11.8. The van der Waals surface area contributed by atoms with Gasteiger partial charge in [0.2, 0.25) is 5.43 Å². The van der Waals surface area contributed by atoms with Crippen molar-refractivity contribution in [3.63, 3.8) is 0 Å². The normalized spacial score (nSPS) is 10.3. The number of hydrogen-bond acceptors (Lipinski definition) is 4. The van der Waals surface area contributed by atoms with Gasteiger partial charge in [-0.3, -0.25) is 9.89 Å². The second kappa shape index (κ2) is 3.61. The summed E-state index contributed by atoms with van der Waals surface area (Å²) in [6.45, 7) is 1.48. The van der Waals surface area contributed by atoms with Gasteiger partial charge in [0.1, 0.15) is 5.56 Å². The van der Waals surface area contributed by atoms with E-state index in [2.05, 4.69) is 20.2 Å². The number of carboxylic acids is 1. The molecule has 0 atom stereocenters. The van der Waals surface area contributed by atoms with Crippen LogP contribution in [-0.4, -0.2) is 31.2 Å². The minimum absolute atomic E-state index is 0.0144. The predicted molar refractivity (Wildman–Crippen MR) is 54.1 cm³/mol. The van der Waals surface area contributed by atoms with E-state index in [0.29, 0.717) is 5.69 Å². The highest BCUT2D eigenvalue weighted by molar-refractivity contribution is 5.89. The van der Waals surface area contributed by atoms with E-state index in [1.54, 1.807) is 0 Å². The molecule has 82 valence electrons. The molecule has 0 saturated carbocycles. The summed E-state index contributed by atoms with van der Waals surface area (Å²) in [6, 6.07) is 0. The number of imidazole rings is 1. The highest BCUT2D eigenvalue weighted by Crippen LogP contribution is 2.09. The van der Waals surface area contributed by atoms with E-state index >= 15 is 0 Å². The maximum Gasteiger partial charge on any atom is 0.341 e. The van der Waals surface area contributed by atoms with Gasteiger partial charge in [0.25, 0.3) is 0 Å². The SMILES string of the molecule is Cc1[nH]nc(-c2cnc[nH]2)c(=O)c1C(=O)O. The Kier molecular flexibility index (Phi) is 2.28. The Bertz CT molecular complexity index is 585. The summed E-state index contributed by atoms with van der Waals surface area (Å²) in [5.74, 6) is -1.28. The summed E-state index contributed by atoms with van der Waals surface area (Å²) in [4.78, 5) is 29.1. The number of aromatic amines is 2. The van der Waals surface area contributed by atoms with Crippen LogP contribution in [0.2, 0.25) is 0 Å². The van der Waals surface area contributed by atoms with Crippen LogP contribution in [0.3, 0.4) is 0 Å². The summed E-state index contributed by atoms with van der Waals surface area (Å²) in [7, 11) is 0. The van der Waals surface area contributed by atoms with Gasteiger partial charge in [-0.15, -0.1) is 0 Å². The highest BCUT2D eigenvalue weighted by atomic mass is 16.4. The number of hydrogen-bond donors (Lipinski definition) is 3. The summed E-state index contributed by atoms with van der Waals surface area (Å²) in [6.07, 6.45) is 2.79. The number of carbonyl (C=O) groups is 1. The van der Waals surface area contributed by atoms with Crippen molar-refractivity contribution in [2.24, 2.45) is 0 Å². The van der Waals surface area contributed by atoms with E-state index in [9.17, 15) is 9.59 Å². The van der Waals surface area contributed by atoms with Crippen LogP contribution >= 0.6 is 0 Å². The van der Waals surface area contributed by atoms with Crippen LogP contribution in [0.1, 0.15) is 16.1 Å². The first-order valence-corrected chi connectivity index (χ1v) is 4.42. The van der Waals surface area contributed by atoms with Crippen LogP contribution < -0.4 is 5.43 Å². The average molecular weight is 220 g/mol. The Morgan fingerprint density at radius 3 is 2.81 bits per heavy atom. The predicted octanol–water partition coefficient (Wildman–Crippen LogP) is 0.167. The minimum Gasteiger partial charge on any atom is -0.477 e. The lowest BCUT2D eigenvalue weighted by molar-refractivity contribution is 0.0694. The number of nitrogens with zero attached hydrogens (tertiary/aromatic N) is 2. The Balaban J connectivity index is 2.72. The first-order valence-electron chi connectivity index (χ1n) is 4.42.